The second-order valence-electron chi connectivity index (χ2n) is 10.0. The molecule has 40 heavy (non-hydrogen) atoms. The number of quaternary nitrogens is 1. The molecule has 0 bridgehead atoms. The van der Waals surface area contributed by atoms with E-state index in [1.165, 1.54) is 50.9 Å². The van der Waals surface area contributed by atoms with Crippen LogP contribution in [0.25, 0.3) is 0 Å². The number of benzene rings is 3. The summed E-state index contributed by atoms with van der Waals surface area (Å²) in [5, 5.41) is -1.10. The molecule has 0 radical (unpaired) electrons. The van der Waals surface area contributed by atoms with Gasteiger partial charge in [-0.15, -0.1) is 24.9 Å². The Kier molecular flexibility index (Phi) is 8.37. The van der Waals surface area contributed by atoms with Crippen LogP contribution in [0, 0.1) is 0 Å². The van der Waals surface area contributed by atoms with E-state index >= 15 is 0 Å². The third-order valence-corrected chi connectivity index (χ3v) is 8.98. The van der Waals surface area contributed by atoms with Gasteiger partial charge in [-0.3, -0.25) is 9.59 Å². The molecule has 1 N–H and O–H groups in total. The number of nitrogens with zero attached hydrogens (tertiary/aromatic N) is 2. The predicted octanol–water partition coefficient (Wildman–Crippen LogP) is 4.06. The number of ether oxygens (including phenoxy) is 1. The average Bonchev–Trinajstić information content (AvgIpc) is 3.22. The van der Waals surface area contributed by atoms with Crippen LogP contribution in [0.3, 0.4) is 0 Å². The van der Waals surface area contributed by atoms with Crippen molar-refractivity contribution in [1.29, 1.82) is 0 Å². The Bertz CT molecular complexity index is 1280. The van der Waals surface area contributed by atoms with Crippen molar-refractivity contribution >= 4 is 23.6 Å². The highest BCUT2D eigenvalue weighted by molar-refractivity contribution is 8.01. The fourth-order valence-electron chi connectivity index (χ4n) is 5.53. The summed E-state index contributed by atoms with van der Waals surface area (Å²) < 4.78 is 42.1. The van der Waals surface area contributed by atoms with Gasteiger partial charge < -0.3 is 19.4 Å². The Balaban J connectivity index is 1.21. The Hall–Kier alpha value is -3.50. The molecule has 0 spiro atoms. The monoisotopic (exact) mass is 570 g/mol. The maximum atomic E-state index is 13.3. The molecule has 2 atom stereocenters. The average molecular weight is 571 g/mol. The van der Waals surface area contributed by atoms with Crippen LogP contribution in [0.2, 0.25) is 0 Å². The second-order valence-corrected chi connectivity index (χ2v) is 11.3. The second kappa shape index (κ2) is 11.9. The molecule has 5 rings (SSSR count). The van der Waals surface area contributed by atoms with Gasteiger partial charge in [-0.25, -0.2) is 0 Å². The van der Waals surface area contributed by atoms with Crippen molar-refractivity contribution in [2.24, 2.45) is 0 Å². The zero-order chi connectivity index (χ0) is 28.3. The summed E-state index contributed by atoms with van der Waals surface area (Å²) in [6.07, 6.45) is -4.74. The first-order valence-corrected chi connectivity index (χ1v) is 14.1. The van der Waals surface area contributed by atoms with Crippen molar-refractivity contribution in [3.8, 4) is 5.75 Å². The first kappa shape index (κ1) is 28.0. The highest BCUT2D eigenvalue weighted by Gasteiger charge is 2.41. The number of rotatable bonds is 7. The first-order valence-electron chi connectivity index (χ1n) is 13.2. The van der Waals surface area contributed by atoms with E-state index in [4.69, 9.17) is 0 Å². The van der Waals surface area contributed by atoms with Crippen molar-refractivity contribution in [3.05, 3.63) is 102 Å². The van der Waals surface area contributed by atoms with E-state index in [9.17, 15) is 22.8 Å². The molecule has 0 aromatic heterocycles. The number of carbonyl (C=O) groups is 2. The van der Waals surface area contributed by atoms with Crippen molar-refractivity contribution in [3.63, 3.8) is 0 Å². The summed E-state index contributed by atoms with van der Waals surface area (Å²) in [6, 6.07) is 26.6. The highest BCUT2D eigenvalue weighted by Crippen LogP contribution is 2.44. The van der Waals surface area contributed by atoms with Gasteiger partial charge in [0.15, 0.2) is 0 Å². The van der Waals surface area contributed by atoms with Crippen molar-refractivity contribution < 1.29 is 32.4 Å². The molecule has 2 fully saturated rings. The van der Waals surface area contributed by atoms with Gasteiger partial charge in [0.1, 0.15) is 17.2 Å². The number of alkyl halides is 3. The molecule has 2 saturated heterocycles. The van der Waals surface area contributed by atoms with Crippen LogP contribution in [0.15, 0.2) is 84.9 Å². The molecular formula is C30H31F3N3O3S+. The lowest BCUT2D eigenvalue weighted by molar-refractivity contribution is -0.929. The highest BCUT2D eigenvalue weighted by atomic mass is 32.2. The Labute approximate surface area is 235 Å². The molecule has 3 aromatic carbocycles. The summed E-state index contributed by atoms with van der Waals surface area (Å²) in [5.41, 5.74) is 2.98. The normalized spacial score (nSPS) is 20.3. The number of halogens is 3. The number of hydrogen-bond donors (Lipinski definition) is 1. The lowest BCUT2D eigenvalue weighted by Crippen LogP contribution is -3.15. The van der Waals surface area contributed by atoms with Crippen LogP contribution in [-0.2, 0) is 9.59 Å². The van der Waals surface area contributed by atoms with E-state index in [2.05, 4.69) is 29.0 Å². The summed E-state index contributed by atoms with van der Waals surface area (Å²) in [4.78, 5) is 31.0. The quantitative estimate of drug-likeness (QED) is 0.466. The molecule has 2 unspecified atom stereocenters. The zero-order valence-corrected chi connectivity index (χ0v) is 22.8. The maximum absolute atomic E-state index is 13.3. The van der Waals surface area contributed by atoms with Crippen LogP contribution >= 0.6 is 11.8 Å². The van der Waals surface area contributed by atoms with E-state index in [-0.39, 0.29) is 30.0 Å². The number of piperazine rings is 1. The maximum Gasteiger partial charge on any atom is 0.573 e. The number of hydrogen-bond acceptors (Lipinski definition) is 4. The number of nitrogens with one attached hydrogen (secondary N) is 1. The fourth-order valence-corrected chi connectivity index (χ4v) is 6.95. The lowest BCUT2D eigenvalue weighted by Gasteiger charge is -2.37. The third-order valence-electron chi connectivity index (χ3n) is 7.44. The number of thioether (sulfide) groups is 1. The molecular weight excluding hydrogens is 539 g/mol. The Morgan fingerprint density at radius 3 is 2.15 bits per heavy atom. The molecule has 3 aromatic rings. The zero-order valence-electron chi connectivity index (χ0n) is 22.0. The minimum Gasteiger partial charge on any atom is -0.406 e. The van der Waals surface area contributed by atoms with Crippen molar-refractivity contribution in [1.82, 2.24) is 9.80 Å². The van der Waals surface area contributed by atoms with E-state index in [0.717, 1.165) is 13.1 Å². The topological polar surface area (TPSA) is 54.3 Å². The molecule has 6 nitrogen and oxygen atoms in total. The van der Waals surface area contributed by atoms with E-state index < -0.39 is 17.0 Å². The summed E-state index contributed by atoms with van der Waals surface area (Å²) in [5.74, 6) is -0.622. The van der Waals surface area contributed by atoms with Crippen LogP contribution < -0.4 is 9.64 Å². The van der Waals surface area contributed by atoms with Crippen LogP contribution in [0.4, 0.5) is 13.2 Å². The van der Waals surface area contributed by atoms with E-state index in [1.54, 1.807) is 13.1 Å². The van der Waals surface area contributed by atoms with Crippen molar-refractivity contribution in [2.75, 3.05) is 33.2 Å². The number of amides is 2. The molecule has 2 amide bonds. The predicted molar refractivity (Wildman–Crippen MR) is 147 cm³/mol. The van der Waals surface area contributed by atoms with Crippen LogP contribution in [0.1, 0.15) is 34.5 Å². The summed E-state index contributed by atoms with van der Waals surface area (Å²) in [7, 11) is 1.61. The summed E-state index contributed by atoms with van der Waals surface area (Å²) >= 11 is 1.29. The summed E-state index contributed by atoms with van der Waals surface area (Å²) in [6.45, 7) is 2.74. The molecule has 0 saturated carbocycles. The van der Waals surface area contributed by atoms with Gasteiger partial charge in [-0.05, 0) is 17.7 Å². The van der Waals surface area contributed by atoms with Crippen LogP contribution in [-0.4, -0.2) is 66.5 Å². The Morgan fingerprint density at radius 1 is 0.975 bits per heavy atom. The third kappa shape index (κ3) is 6.45. The molecule has 2 heterocycles. The smallest absolute Gasteiger partial charge is 0.406 e. The molecule has 2 aliphatic rings. The largest absolute Gasteiger partial charge is 0.573 e. The van der Waals surface area contributed by atoms with Crippen molar-refractivity contribution in [2.45, 2.75) is 29.4 Å². The molecule has 2 aliphatic heterocycles. The minimum atomic E-state index is -4.80. The number of carbonyl (C=O) groups excluding carboxylic acids is 2. The molecule has 0 aliphatic carbocycles. The SMILES string of the molecule is CN1C(=O)C(CC(=O)N2CC[NH+](C(c3ccccc3)c3ccccc3)CC2)SC1c1cccc(OC(F)(F)F)c1. The van der Waals surface area contributed by atoms with Gasteiger partial charge in [-0.1, -0.05) is 72.8 Å². The first-order chi connectivity index (χ1) is 19.2. The van der Waals surface area contributed by atoms with E-state index in [1.807, 2.05) is 41.3 Å². The van der Waals surface area contributed by atoms with Gasteiger partial charge >= 0.3 is 6.36 Å². The van der Waals surface area contributed by atoms with Gasteiger partial charge in [0.2, 0.25) is 11.8 Å². The standard InChI is InChI=1S/C30H30F3N3O3S/c1-34-28(38)25(40-29(34)23-13-8-14-24(19-23)39-30(31,32)33)20-26(37)35-15-17-36(18-16-35)27(21-9-4-2-5-10-21)22-11-6-3-7-12-22/h2-14,19,25,27,29H,15-18,20H2,1H3/p+1. The lowest BCUT2D eigenvalue weighted by atomic mass is 9.96. The Morgan fingerprint density at radius 2 is 1.57 bits per heavy atom. The van der Waals surface area contributed by atoms with Gasteiger partial charge in [0.25, 0.3) is 0 Å². The molecule has 10 heteroatoms. The fraction of sp³-hybridized carbons (Fsp3) is 0.333. The molecule has 210 valence electrons. The van der Waals surface area contributed by atoms with E-state index in [0.29, 0.717) is 18.7 Å². The van der Waals surface area contributed by atoms with Crippen LogP contribution in [0.5, 0.6) is 5.75 Å². The van der Waals surface area contributed by atoms with Gasteiger partial charge in [-0.2, -0.15) is 0 Å². The van der Waals surface area contributed by atoms with Gasteiger partial charge in [0.05, 0.1) is 31.4 Å². The van der Waals surface area contributed by atoms with Gasteiger partial charge in [0, 0.05) is 24.6 Å². The minimum absolute atomic E-state index is 0.0548.